The van der Waals surface area contributed by atoms with Gasteiger partial charge < -0.3 is 9.64 Å². The van der Waals surface area contributed by atoms with Crippen LogP contribution in [0.3, 0.4) is 0 Å². The lowest BCUT2D eigenvalue weighted by atomic mass is 10.1. The zero-order valence-corrected chi connectivity index (χ0v) is 14.4. The van der Waals surface area contributed by atoms with Crippen LogP contribution in [0.25, 0.3) is 0 Å². The molecule has 0 saturated carbocycles. The van der Waals surface area contributed by atoms with E-state index < -0.39 is 16.8 Å². The Morgan fingerprint density at radius 2 is 1.85 bits per heavy atom. The minimum atomic E-state index is -0.545. The number of carbonyl (C=O) groups is 2. The van der Waals surface area contributed by atoms with Crippen molar-refractivity contribution < 1.29 is 19.2 Å². The summed E-state index contributed by atoms with van der Waals surface area (Å²) in [5.41, 5.74) is 1.30. The third kappa shape index (κ3) is 4.00. The van der Waals surface area contributed by atoms with Gasteiger partial charge in [-0.25, -0.2) is 0 Å². The molecule has 0 unspecified atom stereocenters. The molecule has 0 aliphatic carbocycles. The zero-order chi connectivity index (χ0) is 18.7. The zero-order valence-electron chi connectivity index (χ0n) is 13.6. The van der Waals surface area contributed by atoms with E-state index in [4.69, 9.17) is 16.3 Å². The second kappa shape index (κ2) is 7.53. The summed E-state index contributed by atoms with van der Waals surface area (Å²) in [6.07, 6.45) is 0.0850. The first-order valence-corrected chi connectivity index (χ1v) is 8.28. The molecule has 0 bridgehead atoms. The van der Waals surface area contributed by atoms with Gasteiger partial charge in [-0.05, 0) is 42.0 Å². The van der Waals surface area contributed by atoms with E-state index >= 15 is 0 Å². The van der Waals surface area contributed by atoms with Gasteiger partial charge in [-0.1, -0.05) is 11.6 Å². The summed E-state index contributed by atoms with van der Waals surface area (Å²) in [6.45, 7) is 0.252. The number of carbonyl (C=O) groups excluding carboxylic acids is 2. The molecule has 0 N–H and O–H groups in total. The fraction of sp³-hybridized carbons (Fsp3) is 0.222. The van der Waals surface area contributed by atoms with Gasteiger partial charge in [-0.3, -0.25) is 19.7 Å². The Hall–Kier alpha value is -2.93. The SMILES string of the molecule is O=C(OCc1ccc([N+](=O)[O-])cc1)[C@@H]1CC(=O)N(c2ccc(Cl)cc2)C1. The van der Waals surface area contributed by atoms with Gasteiger partial charge in [0.25, 0.3) is 5.69 Å². The molecule has 0 radical (unpaired) electrons. The molecule has 7 nitrogen and oxygen atoms in total. The van der Waals surface area contributed by atoms with E-state index in [1.165, 1.54) is 29.2 Å². The standard InChI is InChI=1S/C18H15ClN2O5/c19-14-3-7-15(8-4-14)20-10-13(9-17(20)22)18(23)26-11-12-1-5-16(6-2-12)21(24)25/h1-8,13H,9-11H2/t13-/m1/s1. The first-order valence-electron chi connectivity index (χ1n) is 7.90. The number of non-ortho nitro benzene ring substituents is 1. The van der Waals surface area contributed by atoms with Crippen molar-refractivity contribution in [2.24, 2.45) is 5.92 Å². The number of esters is 1. The Kier molecular flexibility index (Phi) is 5.18. The highest BCUT2D eigenvalue weighted by Gasteiger charge is 2.36. The second-order valence-corrected chi connectivity index (χ2v) is 6.35. The Labute approximate surface area is 154 Å². The summed E-state index contributed by atoms with van der Waals surface area (Å²) in [5.74, 6) is -1.16. The van der Waals surface area contributed by atoms with Gasteiger partial charge in [0.15, 0.2) is 0 Å². The Morgan fingerprint density at radius 1 is 1.19 bits per heavy atom. The van der Waals surface area contributed by atoms with Crippen LogP contribution in [0, 0.1) is 16.0 Å². The van der Waals surface area contributed by atoms with Gasteiger partial charge in [0, 0.05) is 35.8 Å². The summed E-state index contributed by atoms with van der Waals surface area (Å²) in [5, 5.41) is 11.2. The van der Waals surface area contributed by atoms with Crippen LogP contribution >= 0.6 is 11.6 Å². The van der Waals surface area contributed by atoms with Crippen molar-refractivity contribution in [1.29, 1.82) is 0 Å². The summed E-state index contributed by atoms with van der Waals surface area (Å²) in [4.78, 5) is 36.1. The lowest BCUT2D eigenvalue weighted by molar-refractivity contribution is -0.384. The van der Waals surface area contributed by atoms with Crippen molar-refractivity contribution in [3.63, 3.8) is 0 Å². The maximum absolute atomic E-state index is 12.2. The lowest BCUT2D eigenvalue weighted by Crippen LogP contribution is -2.26. The monoisotopic (exact) mass is 374 g/mol. The van der Waals surface area contributed by atoms with Crippen LogP contribution < -0.4 is 4.90 Å². The third-order valence-corrected chi connectivity index (χ3v) is 4.38. The highest BCUT2D eigenvalue weighted by molar-refractivity contribution is 6.30. The molecule has 1 amide bonds. The number of halogens is 1. The molecule has 1 aliphatic rings. The van der Waals surface area contributed by atoms with E-state index in [1.807, 2.05) is 0 Å². The maximum atomic E-state index is 12.2. The summed E-state index contributed by atoms with van der Waals surface area (Å²) in [6, 6.07) is 12.6. The number of nitrogens with zero attached hydrogens (tertiary/aromatic N) is 2. The number of ether oxygens (including phenoxy) is 1. The molecule has 3 rings (SSSR count). The van der Waals surface area contributed by atoms with Crippen molar-refractivity contribution in [3.05, 3.63) is 69.2 Å². The molecular weight excluding hydrogens is 360 g/mol. The van der Waals surface area contributed by atoms with Gasteiger partial charge in [0.1, 0.15) is 6.61 Å². The molecular formula is C18H15ClN2O5. The summed E-state index contributed by atoms with van der Waals surface area (Å²) in [7, 11) is 0. The predicted molar refractivity (Wildman–Crippen MR) is 94.8 cm³/mol. The summed E-state index contributed by atoms with van der Waals surface area (Å²) < 4.78 is 5.26. The van der Waals surface area contributed by atoms with E-state index in [0.29, 0.717) is 16.3 Å². The molecule has 8 heteroatoms. The van der Waals surface area contributed by atoms with Crippen LogP contribution in [0.15, 0.2) is 48.5 Å². The molecule has 1 saturated heterocycles. The normalized spacial score (nSPS) is 16.6. The molecule has 0 aromatic heterocycles. The van der Waals surface area contributed by atoms with E-state index in [2.05, 4.69) is 0 Å². The molecule has 1 atom stereocenters. The minimum Gasteiger partial charge on any atom is -0.461 e. The van der Waals surface area contributed by atoms with Crippen LogP contribution in [0.4, 0.5) is 11.4 Å². The average molecular weight is 375 g/mol. The van der Waals surface area contributed by atoms with Gasteiger partial charge in [-0.15, -0.1) is 0 Å². The third-order valence-electron chi connectivity index (χ3n) is 4.12. The van der Waals surface area contributed by atoms with E-state index in [9.17, 15) is 19.7 Å². The van der Waals surface area contributed by atoms with Crippen LogP contribution in [-0.2, 0) is 20.9 Å². The van der Waals surface area contributed by atoms with Crippen molar-refractivity contribution in [2.75, 3.05) is 11.4 Å². The Bertz CT molecular complexity index is 836. The van der Waals surface area contributed by atoms with Crippen LogP contribution in [0.1, 0.15) is 12.0 Å². The lowest BCUT2D eigenvalue weighted by Gasteiger charge is -2.16. The molecule has 26 heavy (non-hydrogen) atoms. The predicted octanol–water partition coefficient (Wildman–Crippen LogP) is 3.34. The topological polar surface area (TPSA) is 89.7 Å². The fourth-order valence-corrected chi connectivity index (χ4v) is 2.85. The Balaban J connectivity index is 1.57. The Morgan fingerprint density at radius 3 is 2.46 bits per heavy atom. The number of benzene rings is 2. The van der Waals surface area contributed by atoms with Crippen molar-refractivity contribution >= 4 is 34.9 Å². The molecule has 0 spiro atoms. The molecule has 1 fully saturated rings. The van der Waals surface area contributed by atoms with E-state index in [-0.39, 0.29) is 31.2 Å². The number of nitro groups is 1. The van der Waals surface area contributed by atoms with Crippen molar-refractivity contribution in [2.45, 2.75) is 13.0 Å². The van der Waals surface area contributed by atoms with Gasteiger partial charge in [-0.2, -0.15) is 0 Å². The van der Waals surface area contributed by atoms with Crippen LogP contribution in [0.2, 0.25) is 5.02 Å². The number of anilines is 1. The maximum Gasteiger partial charge on any atom is 0.311 e. The number of nitro benzene ring substituents is 1. The average Bonchev–Trinajstić information content (AvgIpc) is 3.02. The number of rotatable bonds is 5. The van der Waals surface area contributed by atoms with Gasteiger partial charge >= 0.3 is 5.97 Å². The van der Waals surface area contributed by atoms with Gasteiger partial charge in [0.2, 0.25) is 5.91 Å². The summed E-state index contributed by atoms with van der Waals surface area (Å²) >= 11 is 5.85. The second-order valence-electron chi connectivity index (χ2n) is 5.91. The first kappa shape index (κ1) is 17.9. The van der Waals surface area contributed by atoms with E-state index in [0.717, 1.165) is 0 Å². The smallest absolute Gasteiger partial charge is 0.311 e. The van der Waals surface area contributed by atoms with Gasteiger partial charge in [0.05, 0.1) is 10.8 Å². The largest absolute Gasteiger partial charge is 0.461 e. The van der Waals surface area contributed by atoms with Crippen molar-refractivity contribution in [3.8, 4) is 0 Å². The van der Waals surface area contributed by atoms with Crippen LogP contribution in [0.5, 0.6) is 0 Å². The fourth-order valence-electron chi connectivity index (χ4n) is 2.72. The molecule has 1 aliphatic heterocycles. The number of amides is 1. The minimum absolute atomic E-state index is 0.00244. The molecule has 2 aromatic carbocycles. The van der Waals surface area contributed by atoms with E-state index in [1.54, 1.807) is 24.3 Å². The highest BCUT2D eigenvalue weighted by atomic mass is 35.5. The highest BCUT2D eigenvalue weighted by Crippen LogP contribution is 2.27. The van der Waals surface area contributed by atoms with Crippen LogP contribution in [-0.4, -0.2) is 23.3 Å². The quantitative estimate of drug-likeness (QED) is 0.455. The molecule has 2 aromatic rings. The molecule has 1 heterocycles. The number of hydrogen-bond acceptors (Lipinski definition) is 5. The number of hydrogen-bond donors (Lipinski definition) is 0. The van der Waals surface area contributed by atoms with Crippen molar-refractivity contribution in [1.82, 2.24) is 0 Å². The first-order chi connectivity index (χ1) is 12.4. The molecule has 134 valence electrons.